The molecule has 4 heterocycles. The third kappa shape index (κ3) is 5.95. The van der Waals surface area contributed by atoms with Crippen molar-refractivity contribution in [2.24, 2.45) is 17.8 Å². The van der Waals surface area contributed by atoms with E-state index in [1.165, 1.54) is 18.2 Å². The summed E-state index contributed by atoms with van der Waals surface area (Å²) in [4.78, 5) is 29.0. The predicted molar refractivity (Wildman–Crippen MR) is 130 cm³/mol. The van der Waals surface area contributed by atoms with Gasteiger partial charge in [0.2, 0.25) is 11.9 Å². The Hall–Kier alpha value is -2.49. The van der Waals surface area contributed by atoms with Gasteiger partial charge in [0.1, 0.15) is 5.76 Å². The molecule has 34 heavy (non-hydrogen) atoms. The lowest BCUT2D eigenvalue weighted by molar-refractivity contribution is -0.151. The number of hydrogen-bond acceptors (Lipinski definition) is 8. The number of ether oxygens (including phenoxy) is 1. The monoisotopic (exact) mass is 489 g/mol. The molecule has 2 aromatic heterocycles. The number of amides is 1. The van der Waals surface area contributed by atoms with Crippen molar-refractivity contribution < 1.29 is 18.7 Å². The van der Waals surface area contributed by atoms with Crippen LogP contribution in [0.2, 0.25) is 0 Å². The van der Waals surface area contributed by atoms with Crippen LogP contribution in [0.4, 0.5) is 5.95 Å². The molecule has 2 fully saturated rings. The van der Waals surface area contributed by atoms with Crippen LogP contribution in [0.15, 0.2) is 28.0 Å². The molecule has 2 aromatic rings. The van der Waals surface area contributed by atoms with Gasteiger partial charge in [-0.25, -0.2) is 0 Å². The predicted octanol–water partition coefficient (Wildman–Crippen LogP) is 3.30. The van der Waals surface area contributed by atoms with Crippen molar-refractivity contribution in [1.29, 1.82) is 0 Å². The quantitative estimate of drug-likeness (QED) is 0.412. The molecule has 2 saturated heterocycles. The lowest BCUT2D eigenvalue weighted by atomic mass is 9.92. The molecule has 0 aliphatic carbocycles. The molecule has 186 valence electrons. The topological polar surface area (TPSA) is 93.7 Å². The van der Waals surface area contributed by atoms with E-state index in [9.17, 15) is 9.59 Å². The average molecular weight is 490 g/mol. The summed E-state index contributed by atoms with van der Waals surface area (Å²) < 4.78 is 12.8. The van der Waals surface area contributed by atoms with Crippen molar-refractivity contribution in [2.45, 2.75) is 51.7 Å². The van der Waals surface area contributed by atoms with Gasteiger partial charge in [0.05, 0.1) is 31.1 Å². The molecule has 0 N–H and O–H groups in total. The van der Waals surface area contributed by atoms with Gasteiger partial charge in [-0.15, -0.1) is 10.2 Å². The van der Waals surface area contributed by atoms with Crippen LogP contribution in [-0.2, 0) is 20.9 Å². The first-order valence-electron chi connectivity index (χ1n) is 12.2. The van der Waals surface area contributed by atoms with Crippen molar-refractivity contribution >= 4 is 29.6 Å². The number of carbonyl (C=O) groups excluding carboxylic acids is 2. The van der Waals surface area contributed by atoms with Gasteiger partial charge in [-0.3, -0.25) is 14.2 Å². The molecule has 4 rings (SSSR count). The summed E-state index contributed by atoms with van der Waals surface area (Å²) in [6.07, 6.45) is 4.19. The smallest absolute Gasteiger partial charge is 0.309 e. The van der Waals surface area contributed by atoms with Gasteiger partial charge in [0, 0.05) is 26.2 Å². The van der Waals surface area contributed by atoms with Gasteiger partial charge >= 0.3 is 5.97 Å². The Bertz CT molecular complexity index is 945. The van der Waals surface area contributed by atoms with E-state index < -0.39 is 0 Å². The molecule has 0 bridgehead atoms. The van der Waals surface area contributed by atoms with Crippen LogP contribution in [0.25, 0.3) is 0 Å². The van der Waals surface area contributed by atoms with Crippen LogP contribution >= 0.6 is 11.8 Å². The molecule has 1 amide bonds. The highest BCUT2D eigenvalue weighted by atomic mass is 32.2. The van der Waals surface area contributed by atoms with Crippen LogP contribution in [0.3, 0.4) is 0 Å². The fourth-order valence-electron chi connectivity index (χ4n) is 4.99. The second kappa shape index (κ2) is 11.3. The fourth-order valence-corrected chi connectivity index (χ4v) is 5.82. The molecule has 9 nitrogen and oxygen atoms in total. The van der Waals surface area contributed by atoms with E-state index in [2.05, 4.69) is 33.5 Å². The molecule has 0 spiro atoms. The number of rotatable bonds is 8. The maximum Gasteiger partial charge on any atom is 0.309 e. The van der Waals surface area contributed by atoms with E-state index >= 15 is 0 Å². The maximum absolute atomic E-state index is 12.9. The van der Waals surface area contributed by atoms with Gasteiger partial charge in [0.15, 0.2) is 5.16 Å². The molecule has 0 saturated carbocycles. The summed E-state index contributed by atoms with van der Waals surface area (Å²) in [6, 6.07) is 3.82. The number of hydrogen-bond donors (Lipinski definition) is 0. The van der Waals surface area contributed by atoms with Crippen LogP contribution in [0.1, 0.15) is 45.8 Å². The van der Waals surface area contributed by atoms with E-state index in [4.69, 9.17) is 9.15 Å². The number of thioether (sulfide) groups is 1. The number of likely N-dealkylation sites (tertiary alicyclic amines) is 1. The zero-order valence-electron chi connectivity index (χ0n) is 20.3. The van der Waals surface area contributed by atoms with Gasteiger partial charge in [-0.2, -0.15) is 0 Å². The Balaban J connectivity index is 1.41. The first kappa shape index (κ1) is 24.6. The summed E-state index contributed by atoms with van der Waals surface area (Å²) >= 11 is 1.41. The fraction of sp³-hybridized carbons (Fsp3) is 0.667. The van der Waals surface area contributed by atoms with Crippen molar-refractivity contribution in [2.75, 3.05) is 43.4 Å². The summed E-state index contributed by atoms with van der Waals surface area (Å²) in [5.74, 6) is 2.93. The van der Waals surface area contributed by atoms with Crippen molar-refractivity contribution in [3.8, 4) is 0 Å². The SMILES string of the molecule is CCOC(=O)C1CCN(C(=O)CSc2nnc(N3CC(C)CC(C)C3)n2Cc2ccco2)CC1. The summed E-state index contributed by atoms with van der Waals surface area (Å²) in [5.41, 5.74) is 0. The molecule has 10 heteroatoms. The summed E-state index contributed by atoms with van der Waals surface area (Å²) in [5, 5.41) is 9.70. The molecular formula is C24H35N5O4S. The maximum atomic E-state index is 12.9. The Morgan fingerprint density at radius 2 is 1.91 bits per heavy atom. The Morgan fingerprint density at radius 1 is 1.18 bits per heavy atom. The Kier molecular flexibility index (Phi) is 8.18. The number of piperidine rings is 2. The number of anilines is 1. The number of aromatic nitrogens is 3. The normalized spacial score (nSPS) is 21.6. The van der Waals surface area contributed by atoms with E-state index in [1.54, 1.807) is 6.26 Å². The second-order valence-corrected chi connectivity index (χ2v) is 10.4. The van der Waals surface area contributed by atoms with E-state index in [0.717, 1.165) is 24.8 Å². The van der Waals surface area contributed by atoms with Crippen LogP contribution in [-0.4, -0.2) is 70.1 Å². The molecule has 2 aliphatic rings. The molecule has 2 unspecified atom stereocenters. The number of nitrogens with zero attached hydrogens (tertiary/aromatic N) is 5. The second-order valence-electron chi connectivity index (χ2n) is 9.49. The lowest BCUT2D eigenvalue weighted by Gasteiger charge is -2.35. The Morgan fingerprint density at radius 3 is 2.56 bits per heavy atom. The number of furan rings is 1. The largest absolute Gasteiger partial charge is 0.467 e. The van der Waals surface area contributed by atoms with Crippen molar-refractivity contribution in [1.82, 2.24) is 19.7 Å². The minimum atomic E-state index is -0.149. The van der Waals surface area contributed by atoms with Gasteiger partial charge < -0.3 is 19.0 Å². The molecule has 0 aromatic carbocycles. The van der Waals surface area contributed by atoms with E-state index in [1.807, 2.05) is 24.0 Å². The van der Waals surface area contributed by atoms with Gasteiger partial charge in [-0.1, -0.05) is 25.6 Å². The van der Waals surface area contributed by atoms with E-state index in [-0.39, 0.29) is 23.5 Å². The Labute approximate surface area is 205 Å². The zero-order chi connectivity index (χ0) is 24.1. The zero-order valence-corrected chi connectivity index (χ0v) is 21.1. The number of esters is 1. The van der Waals surface area contributed by atoms with Gasteiger partial charge in [-0.05, 0) is 50.2 Å². The molecule has 2 aliphatic heterocycles. The van der Waals surface area contributed by atoms with Crippen molar-refractivity contribution in [3.05, 3.63) is 24.2 Å². The highest BCUT2D eigenvalue weighted by Gasteiger charge is 2.30. The standard InChI is InChI=1S/C24H35N5O4S/c1-4-32-22(31)19-7-9-27(10-8-19)21(30)16-34-24-26-25-23(28-13-17(2)12-18(3)14-28)29(24)15-20-6-5-11-33-20/h5-6,11,17-19H,4,7-10,12-16H2,1-3H3. The first-order valence-corrected chi connectivity index (χ1v) is 13.2. The minimum absolute atomic E-state index is 0.0571. The van der Waals surface area contributed by atoms with Crippen LogP contribution < -0.4 is 4.90 Å². The minimum Gasteiger partial charge on any atom is -0.467 e. The first-order chi connectivity index (χ1) is 16.4. The lowest BCUT2D eigenvalue weighted by Crippen LogP contribution is -2.41. The third-order valence-corrected chi connectivity index (χ3v) is 7.49. The van der Waals surface area contributed by atoms with Crippen LogP contribution in [0.5, 0.6) is 0 Å². The number of carbonyl (C=O) groups is 2. The molecule has 0 radical (unpaired) electrons. The average Bonchev–Trinajstić information content (AvgIpc) is 3.47. The highest BCUT2D eigenvalue weighted by Crippen LogP contribution is 2.29. The summed E-state index contributed by atoms with van der Waals surface area (Å²) in [7, 11) is 0. The third-order valence-electron chi connectivity index (χ3n) is 6.54. The summed E-state index contributed by atoms with van der Waals surface area (Å²) in [6.45, 7) is 10.3. The molecule has 2 atom stereocenters. The van der Waals surface area contributed by atoms with E-state index in [0.29, 0.717) is 56.1 Å². The molecular weight excluding hydrogens is 454 g/mol. The van der Waals surface area contributed by atoms with Crippen LogP contribution in [0, 0.1) is 17.8 Å². The van der Waals surface area contributed by atoms with Gasteiger partial charge in [0.25, 0.3) is 0 Å². The van der Waals surface area contributed by atoms with Crippen molar-refractivity contribution in [3.63, 3.8) is 0 Å². The highest BCUT2D eigenvalue weighted by molar-refractivity contribution is 7.99.